The molecule has 3 fully saturated rings. The summed E-state index contributed by atoms with van der Waals surface area (Å²) in [5, 5.41) is 33.9. The Morgan fingerprint density at radius 3 is 2.28 bits per heavy atom. The van der Waals surface area contributed by atoms with Crippen molar-refractivity contribution in [2.75, 3.05) is 75.7 Å². The molecule has 102 heavy (non-hydrogen) atoms. The fourth-order valence-corrected chi connectivity index (χ4v) is 16.3. The number of H-pyrrole nitrogens is 1. The molecule has 3 atom stereocenters. The van der Waals surface area contributed by atoms with Crippen LogP contribution in [0.1, 0.15) is 152 Å². The number of carbonyl (C=O) groups excluding carboxylic acids is 4. The number of hydrogen-bond donors (Lipinski definition) is 6. The molecular weight excluding hydrogens is 1350 g/mol. The number of sulfonamides is 1. The standard InChI is InChI=1S/C77H97ClN12O10S2/c1-51-70(101-50-83-51)55-17-15-52(16-18-55)46-82-74(94)67-42-60(91)49-89(67)75(95)71(76(2,3)4)84-69(92)14-12-10-8-7-9-11-13-33-86-34-29-53(30-35-86)45-80-65-26-24-62(43-66(65)90(96)97)102(98,99)85-73(93)63-25-23-59(41-68(63)100-61-40-56-28-32-79-72(56)81-47-61)88-38-36-87(37-39-88)48-57-27-31-77(5,6)44-64(57)54-19-21-58(78)22-20-54/h15-26,28,32,40-41,43,47,50,53,60,67,71,80,91H,7-14,27,29-31,33-39,42,44-46,48-49H2,1-6H3,(H,79,81)(H,82,94)(H,84,92)(H,85,93)/t60-,67+,71-/m1/s1. The van der Waals surface area contributed by atoms with Gasteiger partial charge in [-0.1, -0.05) is 120 Å². The molecule has 4 aromatic carbocycles. The summed E-state index contributed by atoms with van der Waals surface area (Å²) in [4.78, 5) is 88.3. The van der Waals surface area contributed by atoms with E-state index in [-0.39, 0.29) is 72.0 Å². The first-order valence-corrected chi connectivity index (χ1v) is 38.6. The van der Waals surface area contributed by atoms with Crippen LogP contribution >= 0.6 is 22.9 Å². The van der Waals surface area contributed by atoms with E-state index in [0.717, 1.165) is 154 Å². The number of carbonyl (C=O) groups is 4. The number of piperazine rings is 1. The van der Waals surface area contributed by atoms with Gasteiger partial charge in [0.15, 0.2) is 0 Å². The number of nitro groups is 1. The number of piperidine rings is 1. The molecule has 0 saturated carbocycles. The van der Waals surface area contributed by atoms with Crippen molar-refractivity contribution in [2.24, 2.45) is 16.7 Å². The van der Waals surface area contributed by atoms with Gasteiger partial charge in [0.2, 0.25) is 17.7 Å². The van der Waals surface area contributed by atoms with Gasteiger partial charge in [-0.3, -0.25) is 34.2 Å². The lowest BCUT2D eigenvalue weighted by atomic mass is 9.72. The molecule has 0 bridgehead atoms. The number of anilines is 2. The van der Waals surface area contributed by atoms with Gasteiger partial charge in [0.05, 0.1) is 43.8 Å². The van der Waals surface area contributed by atoms with Gasteiger partial charge in [-0.25, -0.2) is 23.1 Å². The van der Waals surface area contributed by atoms with Gasteiger partial charge >= 0.3 is 0 Å². The molecule has 3 aromatic heterocycles. The van der Waals surface area contributed by atoms with Gasteiger partial charge < -0.3 is 45.5 Å². The molecule has 7 aromatic rings. The van der Waals surface area contributed by atoms with E-state index < -0.39 is 55.0 Å². The predicted molar refractivity (Wildman–Crippen MR) is 401 cm³/mol. The number of aromatic nitrogens is 3. The van der Waals surface area contributed by atoms with E-state index in [0.29, 0.717) is 37.5 Å². The van der Waals surface area contributed by atoms with Gasteiger partial charge in [-0.05, 0) is 159 Å². The number of aryl methyl sites for hydroxylation is 1. The van der Waals surface area contributed by atoms with E-state index in [4.69, 9.17) is 16.3 Å². The summed E-state index contributed by atoms with van der Waals surface area (Å²) in [6, 6.07) is 26.7. The number of pyridine rings is 1. The van der Waals surface area contributed by atoms with Crippen LogP contribution in [0.4, 0.5) is 17.1 Å². The van der Waals surface area contributed by atoms with E-state index in [1.807, 2.05) is 75.7 Å². The van der Waals surface area contributed by atoms with E-state index in [1.54, 1.807) is 41.8 Å². The number of amides is 4. The highest BCUT2D eigenvalue weighted by atomic mass is 35.5. The number of β-amino-alcohol motifs (C(OH)–C–C–N with tert-alkyl or cyclic N) is 1. The zero-order chi connectivity index (χ0) is 72.3. The Labute approximate surface area is 607 Å². The molecule has 0 spiro atoms. The lowest BCUT2D eigenvalue weighted by molar-refractivity contribution is -0.384. The summed E-state index contributed by atoms with van der Waals surface area (Å²) < 4.78 is 36.6. The van der Waals surface area contributed by atoms with E-state index in [1.165, 1.54) is 39.9 Å². The fourth-order valence-electron chi connectivity index (χ4n) is 14.4. The zero-order valence-corrected chi connectivity index (χ0v) is 61.8. The van der Waals surface area contributed by atoms with E-state index in [2.05, 4.69) is 76.3 Å². The van der Waals surface area contributed by atoms with Crippen LogP contribution in [-0.4, -0.2) is 155 Å². The number of nitrogens with zero attached hydrogens (tertiary/aromatic N) is 7. The van der Waals surface area contributed by atoms with Crippen molar-refractivity contribution in [1.82, 2.24) is 45.0 Å². The molecule has 11 rings (SSSR count). The third-order valence-corrected chi connectivity index (χ3v) is 23.0. The highest BCUT2D eigenvalue weighted by Gasteiger charge is 2.45. The Bertz CT molecular complexity index is 4250. The van der Waals surface area contributed by atoms with Crippen molar-refractivity contribution in [2.45, 2.75) is 161 Å². The number of aliphatic hydroxyl groups excluding tert-OH is 1. The molecule has 0 radical (unpaired) electrons. The number of thiazole rings is 1. The first kappa shape index (κ1) is 74.9. The van der Waals surface area contributed by atoms with Crippen LogP contribution in [0.15, 0.2) is 125 Å². The van der Waals surface area contributed by atoms with Crippen molar-refractivity contribution < 1.29 is 42.4 Å². The second kappa shape index (κ2) is 33.5. The molecule has 4 aliphatic rings. The number of aliphatic hydroxyl groups is 1. The van der Waals surface area contributed by atoms with E-state index >= 15 is 0 Å². The van der Waals surface area contributed by atoms with Crippen LogP contribution in [0.25, 0.3) is 27.0 Å². The zero-order valence-electron chi connectivity index (χ0n) is 59.4. The molecule has 3 aliphatic heterocycles. The summed E-state index contributed by atoms with van der Waals surface area (Å²) in [6.45, 7) is 19.7. The highest BCUT2D eigenvalue weighted by molar-refractivity contribution is 7.90. The van der Waals surface area contributed by atoms with Crippen molar-refractivity contribution in [1.29, 1.82) is 0 Å². The van der Waals surface area contributed by atoms with Gasteiger partial charge in [0.1, 0.15) is 34.9 Å². The van der Waals surface area contributed by atoms with Crippen LogP contribution in [0.3, 0.4) is 0 Å². The monoisotopic (exact) mass is 1450 g/mol. The quantitative estimate of drug-likeness (QED) is 0.0144. The van der Waals surface area contributed by atoms with E-state index in [9.17, 15) is 42.8 Å². The maximum atomic E-state index is 14.2. The Kier molecular flexibility index (Phi) is 24.6. The van der Waals surface area contributed by atoms with Crippen LogP contribution in [0.2, 0.25) is 5.02 Å². The van der Waals surface area contributed by atoms with Crippen molar-refractivity contribution >= 4 is 90.3 Å². The summed E-state index contributed by atoms with van der Waals surface area (Å²) in [7, 11) is -4.63. The molecular formula is C77H97ClN12O10S2. The Balaban J connectivity index is 0.597. The Morgan fingerprint density at radius 1 is 0.863 bits per heavy atom. The Morgan fingerprint density at radius 2 is 1.58 bits per heavy atom. The smallest absolute Gasteiger partial charge is 0.293 e. The topological polar surface area (TPSA) is 278 Å². The summed E-state index contributed by atoms with van der Waals surface area (Å²) in [6.07, 6.45) is 14.6. The molecule has 3 saturated heterocycles. The average Bonchev–Trinajstić information content (AvgIpc) is 1.13. The number of unbranched alkanes of at least 4 members (excludes halogenated alkanes) is 6. The minimum atomic E-state index is -4.63. The number of ether oxygens (including phenoxy) is 1. The summed E-state index contributed by atoms with van der Waals surface area (Å²) >= 11 is 7.86. The van der Waals surface area contributed by atoms with Gasteiger partial charge in [0.25, 0.3) is 21.6 Å². The van der Waals surface area contributed by atoms with Crippen molar-refractivity contribution in [3.05, 3.63) is 158 Å². The number of aromatic amines is 1. The first-order chi connectivity index (χ1) is 48.8. The maximum Gasteiger partial charge on any atom is 0.293 e. The molecule has 4 amide bonds. The number of allylic oxidation sites excluding steroid dienone is 1. The third-order valence-electron chi connectivity index (χ3n) is 20.4. The molecule has 6 heterocycles. The van der Waals surface area contributed by atoms with Crippen LogP contribution < -0.4 is 30.3 Å². The molecule has 22 nitrogen and oxygen atoms in total. The lowest BCUT2D eigenvalue weighted by Gasteiger charge is -2.39. The molecule has 544 valence electrons. The number of nitrogens with one attached hydrogen (secondary N) is 5. The summed E-state index contributed by atoms with van der Waals surface area (Å²) in [5.41, 5.74) is 9.51. The van der Waals surface area contributed by atoms with Crippen molar-refractivity contribution in [3.63, 3.8) is 0 Å². The molecule has 1 aliphatic carbocycles. The van der Waals surface area contributed by atoms with Crippen LogP contribution in [0.5, 0.6) is 11.5 Å². The van der Waals surface area contributed by atoms with Crippen molar-refractivity contribution in [3.8, 4) is 21.9 Å². The number of halogens is 1. The largest absolute Gasteiger partial charge is 0.455 e. The lowest BCUT2D eigenvalue weighted by Crippen LogP contribution is -2.57. The minimum Gasteiger partial charge on any atom is -0.455 e. The number of benzene rings is 4. The fraction of sp³-hybridized carbons (Fsp3) is 0.481. The molecule has 6 N–H and O–H groups in total. The first-order valence-electron chi connectivity index (χ1n) is 35.9. The number of rotatable bonds is 29. The SMILES string of the molecule is Cc1ncsc1-c1ccc(CNC(=O)[C@@H]2C[C@@H](O)CN2C(=O)[C@@H](NC(=O)CCCCCCCCCN2CCC(CNc3ccc(S(=O)(=O)NC(=O)c4ccc(N5CCN(CC6=C(c7ccc(Cl)cc7)CC(C)(C)CC6)CC5)cc4Oc4cnc5[nH]ccc5c4)cc3[N+](=O)[O-])CC2)C(C)(C)C)cc1. The highest BCUT2D eigenvalue weighted by Crippen LogP contribution is 2.44. The van der Waals surface area contributed by atoms with Crippen LogP contribution in [0, 0.1) is 33.8 Å². The maximum absolute atomic E-state index is 14.2. The molecule has 0 unspecified atom stereocenters. The Hall–Kier alpha value is -8.26. The predicted octanol–water partition coefficient (Wildman–Crippen LogP) is 13.3. The van der Waals surface area contributed by atoms with Gasteiger partial charge in [-0.2, -0.15) is 0 Å². The minimum absolute atomic E-state index is 0.0109. The number of nitro benzene ring substituents is 1. The third kappa shape index (κ3) is 19.5. The van der Waals surface area contributed by atoms with Gasteiger partial charge in [-0.15, -0.1) is 11.3 Å². The number of fused-ring (bicyclic) bond motifs is 1. The number of hydrogen-bond acceptors (Lipinski definition) is 17. The van der Waals surface area contributed by atoms with Crippen LogP contribution in [-0.2, 0) is 31.0 Å². The summed E-state index contributed by atoms with van der Waals surface area (Å²) in [5.74, 6) is -1.22. The average molecular weight is 1450 g/mol. The number of likely N-dealkylation sites (tertiary alicyclic amines) is 2. The normalized spacial score (nSPS) is 18.1. The van der Waals surface area contributed by atoms with Gasteiger partial charge in [0, 0.05) is 99.6 Å². The second-order valence-corrected chi connectivity index (χ2v) is 32.7. The second-order valence-electron chi connectivity index (χ2n) is 29.8. The molecule has 25 heteroatoms.